The van der Waals surface area contributed by atoms with E-state index >= 15 is 0 Å². The van der Waals surface area contributed by atoms with Gasteiger partial charge in [0.15, 0.2) is 5.96 Å². The van der Waals surface area contributed by atoms with E-state index in [0.29, 0.717) is 36.2 Å². The Labute approximate surface area is 153 Å². The third kappa shape index (κ3) is 6.12. The molecule has 0 unspecified atom stereocenters. The molecule has 0 spiro atoms. The fraction of sp³-hybridized carbons (Fsp3) is 0.263. The van der Waals surface area contributed by atoms with Crippen molar-refractivity contribution in [3.05, 3.63) is 70.2 Å². The van der Waals surface area contributed by atoms with Crippen LogP contribution in [0.5, 0.6) is 0 Å². The molecule has 0 aromatic heterocycles. The van der Waals surface area contributed by atoms with Crippen LogP contribution in [0.4, 0.5) is 0 Å². The summed E-state index contributed by atoms with van der Waals surface area (Å²) in [4.78, 5) is 16.2. The molecule has 0 saturated carbocycles. The number of benzene rings is 2. The predicted octanol–water partition coefficient (Wildman–Crippen LogP) is 2.74. The standard InChI is InChI=1S/C19H23ClN4O/c1-14-6-5-7-15(12-14)13-24-19(21-2)23-11-10-22-18(25)16-8-3-4-9-17(16)20/h3-9,12H,10-11,13H2,1-2H3,(H,22,25)(H2,21,23,24). The second-order valence-electron chi connectivity index (χ2n) is 5.58. The van der Waals surface area contributed by atoms with Gasteiger partial charge in [-0.05, 0) is 24.6 Å². The molecule has 5 nitrogen and oxygen atoms in total. The number of nitrogens with zero attached hydrogens (tertiary/aromatic N) is 1. The Morgan fingerprint density at radius 1 is 1.04 bits per heavy atom. The van der Waals surface area contributed by atoms with E-state index in [-0.39, 0.29) is 5.91 Å². The smallest absolute Gasteiger partial charge is 0.252 e. The molecule has 0 bridgehead atoms. The maximum absolute atomic E-state index is 12.1. The van der Waals surface area contributed by atoms with Crippen LogP contribution in [0.3, 0.4) is 0 Å². The number of aryl methyl sites for hydroxylation is 1. The van der Waals surface area contributed by atoms with Crippen molar-refractivity contribution in [1.29, 1.82) is 0 Å². The Kier molecular flexibility index (Phi) is 7.29. The molecule has 25 heavy (non-hydrogen) atoms. The zero-order valence-electron chi connectivity index (χ0n) is 14.5. The number of guanidine groups is 1. The third-order valence-electron chi connectivity index (χ3n) is 3.59. The molecule has 0 saturated heterocycles. The Bertz CT molecular complexity index is 746. The van der Waals surface area contributed by atoms with Crippen molar-refractivity contribution in [2.24, 2.45) is 4.99 Å². The summed E-state index contributed by atoms with van der Waals surface area (Å²) >= 11 is 6.01. The molecular weight excluding hydrogens is 336 g/mol. The number of rotatable bonds is 6. The number of amides is 1. The molecule has 2 aromatic carbocycles. The zero-order chi connectivity index (χ0) is 18.1. The van der Waals surface area contributed by atoms with Gasteiger partial charge in [0, 0.05) is 26.7 Å². The summed E-state index contributed by atoms with van der Waals surface area (Å²) in [6, 6.07) is 15.3. The van der Waals surface area contributed by atoms with E-state index in [9.17, 15) is 4.79 Å². The van der Waals surface area contributed by atoms with E-state index in [2.05, 4.69) is 46.1 Å². The molecule has 3 N–H and O–H groups in total. The van der Waals surface area contributed by atoms with Crippen LogP contribution in [0.15, 0.2) is 53.5 Å². The molecule has 2 aromatic rings. The van der Waals surface area contributed by atoms with Gasteiger partial charge in [0.1, 0.15) is 0 Å². The van der Waals surface area contributed by atoms with Gasteiger partial charge in [-0.2, -0.15) is 0 Å². The number of carbonyl (C=O) groups excluding carboxylic acids is 1. The summed E-state index contributed by atoms with van der Waals surface area (Å²) in [6.45, 7) is 3.78. The molecule has 132 valence electrons. The van der Waals surface area contributed by atoms with E-state index in [0.717, 1.165) is 0 Å². The van der Waals surface area contributed by atoms with Crippen molar-refractivity contribution < 1.29 is 4.79 Å². The highest BCUT2D eigenvalue weighted by atomic mass is 35.5. The van der Waals surface area contributed by atoms with Crippen LogP contribution in [-0.4, -0.2) is 32.0 Å². The molecule has 0 fully saturated rings. The lowest BCUT2D eigenvalue weighted by Crippen LogP contribution is -2.41. The first-order valence-corrected chi connectivity index (χ1v) is 8.50. The first-order chi connectivity index (χ1) is 12.1. The van der Waals surface area contributed by atoms with Gasteiger partial charge in [0.2, 0.25) is 0 Å². The van der Waals surface area contributed by atoms with Gasteiger partial charge in [-0.15, -0.1) is 0 Å². The average molecular weight is 359 g/mol. The van der Waals surface area contributed by atoms with E-state index in [1.54, 1.807) is 31.3 Å². The van der Waals surface area contributed by atoms with Crippen molar-refractivity contribution in [2.75, 3.05) is 20.1 Å². The number of hydrogen-bond acceptors (Lipinski definition) is 2. The maximum Gasteiger partial charge on any atom is 0.252 e. The van der Waals surface area contributed by atoms with Gasteiger partial charge < -0.3 is 16.0 Å². The zero-order valence-corrected chi connectivity index (χ0v) is 15.2. The normalized spacial score (nSPS) is 11.1. The topological polar surface area (TPSA) is 65.5 Å². The largest absolute Gasteiger partial charge is 0.355 e. The minimum Gasteiger partial charge on any atom is -0.355 e. The Hall–Kier alpha value is -2.53. The minimum absolute atomic E-state index is 0.185. The number of hydrogen-bond donors (Lipinski definition) is 3. The summed E-state index contributed by atoms with van der Waals surface area (Å²) in [6.07, 6.45) is 0. The highest BCUT2D eigenvalue weighted by Gasteiger charge is 2.08. The first-order valence-electron chi connectivity index (χ1n) is 8.13. The second kappa shape index (κ2) is 9.69. The maximum atomic E-state index is 12.1. The van der Waals surface area contributed by atoms with Gasteiger partial charge in [0.25, 0.3) is 5.91 Å². The number of aliphatic imine (C=N–C) groups is 1. The SMILES string of the molecule is CN=C(NCCNC(=O)c1ccccc1Cl)NCc1cccc(C)c1. The molecule has 0 atom stereocenters. The number of halogens is 1. The molecule has 2 rings (SSSR count). The summed E-state index contributed by atoms with van der Waals surface area (Å²) in [7, 11) is 1.72. The third-order valence-corrected chi connectivity index (χ3v) is 3.92. The molecule has 0 heterocycles. The predicted molar refractivity (Wildman–Crippen MR) is 103 cm³/mol. The highest BCUT2D eigenvalue weighted by molar-refractivity contribution is 6.33. The van der Waals surface area contributed by atoms with Crippen molar-refractivity contribution in [2.45, 2.75) is 13.5 Å². The van der Waals surface area contributed by atoms with Crippen molar-refractivity contribution in [1.82, 2.24) is 16.0 Å². The molecule has 6 heteroatoms. The van der Waals surface area contributed by atoms with Crippen molar-refractivity contribution in [3.63, 3.8) is 0 Å². The number of carbonyl (C=O) groups is 1. The van der Waals surface area contributed by atoms with Gasteiger partial charge in [-0.1, -0.05) is 53.6 Å². The van der Waals surface area contributed by atoms with Crippen LogP contribution in [0.1, 0.15) is 21.5 Å². The monoisotopic (exact) mass is 358 g/mol. The lowest BCUT2D eigenvalue weighted by atomic mass is 10.1. The molecule has 1 amide bonds. The number of nitrogens with one attached hydrogen (secondary N) is 3. The molecular formula is C19H23ClN4O. The van der Waals surface area contributed by atoms with Crippen molar-refractivity contribution >= 4 is 23.5 Å². The first kappa shape index (κ1) is 18.8. The summed E-state index contributed by atoms with van der Waals surface area (Å²) in [5.74, 6) is 0.503. The summed E-state index contributed by atoms with van der Waals surface area (Å²) < 4.78 is 0. The quantitative estimate of drug-likeness (QED) is 0.422. The summed E-state index contributed by atoms with van der Waals surface area (Å²) in [5, 5.41) is 9.69. The van der Waals surface area contributed by atoms with Gasteiger partial charge >= 0.3 is 0 Å². The van der Waals surface area contributed by atoms with Gasteiger partial charge in [-0.25, -0.2) is 0 Å². The van der Waals surface area contributed by atoms with Crippen LogP contribution in [-0.2, 0) is 6.54 Å². The lowest BCUT2D eigenvalue weighted by Gasteiger charge is -2.13. The van der Waals surface area contributed by atoms with Crippen LogP contribution in [0, 0.1) is 6.92 Å². The lowest BCUT2D eigenvalue weighted by molar-refractivity contribution is 0.0954. The minimum atomic E-state index is -0.185. The molecule has 0 radical (unpaired) electrons. The molecule has 0 aliphatic carbocycles. The van der Waals surface area contributed by atoms with Crippen LogP contribution in [0.25, 0.3) is 0 Å². The van der Waals surface area contributed by atoms with E-state index in [4.69, 9.17) is 11.6 Å². The van der Waals surface area contributed by atoms with E-state index < -0.39 is 0 Å². The van der Waals surface area contributed by atoms with Crippen LogP contribution >= 0.6 is 11.6 Å². The Balaban J connectivity index is 1.72. The van der Waals surface area contributed by atoms with Crippen LogP contribution in [0.2, 0.25) is 5.02 Å². The molecule has 0 aliphatic rings. The van der Waals surface area contributed by atoms with E-state index in [1.807, 2.05) is 6.07 Å². The average Bonchev–Trinajstić information content (AvgIpc) is 2.61. The van der Waals surface area contributed by atoms with Crippen LogP contribution < -0.4 is 16.0 Å². The fourth-order valence-corrected chi connectivity index (χ4v) is 2.55. The Morgan fingerprint density at radius 3 is 2.52 bits per heavy atom. The molecule has 0 aliphatic heterocycles. The second-order valence-corrected chi connectivity index (χ2v) is 5.98. The van der Waals surface area contributed by atoms with Crippen molar-refractivity contribution in [3.8, 4) is 0 Å². The van der Waals surface area contributed by atoms with E-state index in [1.165, 1.54) is 11.1 Å². The highest BCUT2D eigenvalue weighted by Crippen LogP contribution is 2.14. The Morgan fingerprint density at radius 2 is 1.80 bits per heavy atom. The van der Waals surface area contributed by atoms with Gasteiger partial charge in [-0.3, -0.25) is 9.79 Å². The van der Waals surface area contributed by atoms with Gasteiger partial charge in [0.05, 0.1) is 10.6 Å². The summed E-state index contributed by atoms with van der Waals surface area (Å²) in [5.41, 5.74) is 2.89. The fourth-order valence-electron chi connectivity index (χ4n) is 2.33.